The lowest BCUT2D eigenvalue weighted by atomic mass is 10.1. The summed E-state index contributed by atoms with van der Waals surface area (Å²) in [6, 6.07) is 10.5. The lowest BCUT2D eigenvalue weighted by Gasteiger charge is -2.18. The lowest BCUT2D eigenvalue weighted by Crippen LogP contribution is -2.21. The summed E-state index contributed by atoms with van der Waals surface area (Å²) >= 11 is 10.2. The molecule has 0 aliphatic rings. The Bertz CT molecular complexity index is 484. The molecule has 1 nitrogen and oxygen atoms in total. The Morgan fingerprint density at radius 3 is 2.88 bits per heavy atom. The van der Waals surface area contributed by atoms with Crippen molar-refractivity contribution in [2.24, 2.45) is 0 Å². The molecular formula is C13H13ClINS. The third kappa shape index (κ3) is 3.22. The van der Waals surface area contributed by atoms with Gasteiger partial charge >= 0.3 is 0 Å². The second-order valence-corrected chi connectivity index (χ2v) is 6.25. The molecule has 0 spiro atoms. The number of nitrogens with one attached hydrogen (secondary N) is 1. The molecule has 0 saturated heterocycles. The number of hydrogen-bond donors (Lipinski definition) is 1. The van der Waals surface area contributed by atoms with Gasteiger partial charge in [0.15, 0.2) is 0 Å². The predicted octanol–water partition coefficient (Wildman–Crippen LogP) is 4.71. The molecule has 1 unspecified atom stereocenters. The zero-order valence-corrected chi connectivity index (χ0v) is 13.1. The molecule has 1 N–H and O–H groups in total. The van der Waals surface area contributed by atoms with Crippen molar-refractivity contribution in [1.82, 2.24) is 5.32 Å². The van der Waals surface area contributed by atoms with Crippen LogP contribution in [0, 0.1) is 3.57 Å². The van der Waals surface area contributed by atoms with Crippen LogP contribution in [0.15, 0.2) is 35.7 Å². The fraction of sp³-hybridized carbons (Fsp3) is 0.231. The Balaban J connectivity index is 2.42. The molecule has 1 heterocycles. The van der Waals surface area contributed by atoms with Gasteiger partial charge in [-0.15, -0.1) is 11.3 Å². The Hall–Kier alpha value is -0.100. The van der Waals surface area contributed by atoms with Crippen molar-refractivity contribution in [3.63, 3.8) is 0 Å². The molecule has 0 fully saturated rings. The van der Waals surface area contributed by atoms with Crippen LogP contribution in [0.5, 0.6) is 0 Å². The molecule has 17 heavy (non-hydrogen) atoms. The van der Waals surface area contributed by atoms with Gasteiger partial charge in [-0.2, -0.15) is 0 Å². The molecule has 1 aromatic heterocycles. The number of rotatable bonds is 4. The SMILES string of the molecule is CCNC(c1cccs1)c1cc(Cl)ccc1I. The van der Waals surface area contributed by atoms with Crippen LogP contribution in [-0.2, 0) is 0 Å². The highest BCUT2D eigenvalue weighted by molar-refractivity contribution is 14.1. The minimum Gasteiger partial charge on any atom is -0.306 e. The van der Waals surface area contributed by atoms with Gasteiger partial charge in [-0.05, 0) is 64.3 Å². The smallest absolute Gasteiger partial charge is 0.0681 e. The van der Waals surface area contributed by atoms with Gasteiger partial charge < -0.3 is 5.32 Å². The summed E-state index contributed by atoms with van der Waals surface area (Å²) in [5, 5.41) is 6.42. The Labute approximate surface area is 124 Å². The third-order valence-electron chi connectivity index (χ3n) is 2.50. The van der Waals surface area contributed by atoms with E-state index in [0.29, 0.717) is 0 Å². The zero-order chi connectivity index (χ0) is 12.3. The van der Waals surface area contributed by atoms with E-state index in [0.717, 1.165) is 11.6 Å². The molecule has 4 heteroatoms. The van der Waals surface area contributed by atoms with Gasteiger partial charge in [0, 0.05) is 13.5 Å². The second kappa shape index (κ2) is 6.18. The molecule has 0 saturated carbocycles. The van der Waals surface area contributed by atoms with Crippen LogP contribution < -0.4 is 5.32 Å². The van der Waals surface area contributed by atoms with E-state index in [1.807, 2.05) is 6.07 Å². The average Bonchev–Trinajstić information content (AvgIpc) is 2.83. The standard InChI is InChI=1S/C13H13ClINS/c1-2-16-13(12-4-3-7-17-12)10-8-9(14)5-6-11(10)15/h3-8,13,16H,2H2,1H3. The van der Waals surface area contributed by atoms with Gasteiger partial charge in [0.05, 0.1) is 6.04 Å². The lowest BCUT2D eigenvalue weighted by molar-refractivity contribution is 0.637. The van der Waals surface area contributed by atoms with Gasteiger partial charge in [-0.25, -0.2) is 0 Å². The number of thiophene rings is 1. The number of benzene rings is 1. The molecule has 1 atom stereocenters. The number of halogens is 2. The van der Waals surface area contributed by atoms with E-state index in [4.69, 9.17) is 11.6 Å². The van der Waals surface area contributed by atoms with Crippen LogP contribution in [0.25, 0.3) is 0 Å². The van der Waals surface area contributed by atoms with Crippen LogP contribution in [0.1, 0.15) is 23.4 Å². The highest BCUT2D eigenvalue weighted by atomic mass is 127. The molecule has 1 aromatic carbocycles. The third-order valence-corrected chi connectivity index (χ3v) is 4.66. The maximum absolute atomic E-state index is 6.09. The van der Waals surface area contributed by atoms with Crippen LogP contribution in [0.4, 0.5) is 0 Å². The first-order chi connectivity index (χ1) is 8.22. The fourth-order valence-electron chi connectivity index (χ4n) is 1.76. The van der Waals surface area contributed by atoms with Gasteiger partial charge in [-0.1, -0.05) is 24.6 Å². The summed E-state index contributed by atoms with van der Waals surface area (Å²) in [6.45, 7) is 3.06. The van der Waals surface area contributed by atoms with E-state index in [2.05, 4.69) is 64.5 Å². The number of hydrogen-bond acceptors (Lipinski definition) is 2. The molecule has 0 amide bonds. The fourth-order valence-corrected chi connectivity index (χ4v) is 3.40. The highest BCUT2D eigenvalue weighted by Gasteiger charge is 2.16. The topological polar surface area (TPSA) is 12.0 Å². The first-order valence-corrected chi connectivity index (χ1v) is 7.77. The zero-order valence-electron chi connectivity index (χ0n) is 9.41. The summed E-state index contributed by atoms with van der Waals surface area (Å²) in [5.41, 5.74) is 1.25. The van der Waals surface area contributed by atoms with Crippen molar-refractivity contribution < 1.29 is 0 Å². The van der Waals surface area contributed by atoms with Crippen LogP contribution in [0.3, 0.4) is 0 Å². The predicted molar refractivity (Wildman–Crippen MR) is 84.0 cm³/mol. The summed E-state index contributed by atoms with van der Waals surface area (Å²) in [4.78, 5) is 1.33. The maximum Gasteiger partial charge on any atom is 0.0681 e. The van der Waals surface area contributed by atoms with Crippen molar-refractivity contribution in [3.8, 4) is 0 Å². The van der Waals surface area contributed by atoms with Crippen molar-refractivity contribution in [2.45, 2.75) is 13.0 Å². The Kier molecular flexibility index (Phi) is 4.85. The van der Waals surface area contributed by atoms with Gasteiger partial charge in [-0.3, -0.25) is 0 Å². The molecule has 90 valence electrons. The van der Waals surface area contributed by atoms with Crippen molar-refractivity contribution >= 4 is 45.5 Å². The van der Waals surface area contributed by atoms with Crippen LogP contribution >= 0.6 is 45.5 Å². The van der Waals surface area contributed by atoms with E-state index < -0.39 is 0 Å². The Morgan fingerprint density at radius 2 is 2.24 bits per heavy atom. The van der Waals surface area contributed by atoms with E-state index in [9.17, 15) is 0 Å². The average molecular weight is 378 g/mol. The minimum atomic E-state index is 0.241. The van der Waals surface area contributed by atoms with Crippen LogP contribution in [0.2, 0.25) is 5.02 Å². The normalized spacial score (nSPS) is 12.6. The second-order valence-electron chi connectivity index (χ2n) is 3.67. The monoisotopic (exact) mass is 377 g/mol. The molecular weight excluding hydrogens is 365 g/mol. The van der Waals surface area contributed by atoms with Crippen molar-refractivity contribution in [2.75, 3.05) is 6.54 Å². The Morgan fingerprint density at radius 1 is 1.41 bits per heavy atom. The van der Waals surface area contributed by atoms with E-state index in [1.54, 1.807) is 11.3 Å². The van der Waals surface area contributed by atoms with E-state index in [1.165, 1.54) is 14.0 Å². The molecule has 0 aliphatic carbocycles. The summed E-state index contributed by atoms with van der Waals surface area (Å²) < 4.78 is 1.24. The first kappa shape index (κ1) is 13.3. The van der Waals surface area contributed by atoms with E-state index in [-0.39, 0.29) is 6.04 Å². The minimum absolute atomic E-state index is 0.241. The van der Waals surface area contributed by atoms with Gasteiger partial charge in [0.25, 0.3) is 0 Å². The largest absolute Gasteiger partial charge is 0.306 e. The molecule has 0 bridgehead atoms. The van der Waals surface area contributed by atoms with Crippen LogP contribution in [-0.4, -0.2) is 6.54 Å². The maximum atomic E-state index is 6.09. The summed E-state index contributed by atoms with van der Waals surface area (Å²) in [7, 11) is 0. The summed E-state index contributed by atoms with van der Waals surface area (Å²) in [6.07, 6.45) is 0. The van der Waals surface area contributed by atoms with Gasteiger partial charge in [0.2, 0.25) is 0 Å². The molecule has 2 rings (SSSR count). The van der Waals surface area contributed by atoms with Crippen molar-refractivity contribution in [1.29, 1.82) is 0 Å². The first-order valence-electron chi connectivity index (χ1n) is 5.44. The highest BCUT2D eigenvalue weighted by Crippen LogP contribution is 2.30. The van der Waals surface area contributed by atoms with E-state index >= 15 is 0 Å². The quantitative estimate of drug-likeness (QED) is 0.761. The van der Waals surface area contributed by atoms with Gasteiger partial charge in [0.1, 0.15) is 0 Å². The molecule has 2 aromatic rings. The summed E-state index contributed by atoms with van der Waals surface area (Å²) in [5.74, 6) is 0. The molecule has 0 radical (unpaired) electrons. The molecule has 0 aliphatic heterocycles. The van der Waals surface area contributed by atoms with Crippen molar-refractivity contribution in [3.05, 3.63) is 54.7 Å².